The van der Waals surface area contributed by atoms with E-state index in [4.69, 9.17) is 4.74 Å². The Bertz CT molecular complexity index is 237. The molecule has 0 radical (unpaired) electrons. The molecule has 0 bridgehead atoms. The van der Waals surface area contributed by atoms with Crippen LogP contribution in [0.3, 0.4) is 0 Å². The van der Waals surface area contributed by atoms with Crippen LogP contribution >= 0.6 is 0 Å². The highest BCUT2D eigenvalue weighted by Gasteiger charge is 2.07. The Morgan fingerprint density at radius 2 is 1.82 bits per heavy atom. The van der Waals surface area contributed by atoms with Gasteiger partial charge in [0.2, 0.25) is 5.91 Å². The van der Waals surface area contributed by atoms with Gasteiger partial charge in [0.1, 0.15) is 6.61 Å². The van der Waals surface area contributed by atoms with Crippen LogP contribution in [0, 0.1) is 11.8 Å². The van der Waals surface area contributed by atoms with E-state index in [0.717, 1.165) is 0 Å². The zero-order chi connectivity index (χ0) is 13.3. The summed E-state index contributed by atoms with van der Waals surface area (Å²) in [6.07, 6.45) is 1.12. The summed E-state index contributed by atoms with van der Waals surface area (Å²) in [5.74, 6) is 0.648. The van der Waals surface area contributed by atoms with Crippen LogP contribution in [0.5, 0.6) is 0 Å². The second kappa shape index (κ2) is 9.16. The van der Waals surface area contributed by atoms with Crippen molar-refractivity contribution >= 4 is 11.7 Å². The van der Waals surface area contributed by atoms with E-state index >= 15 is 0 Å². The number of rotatable bonds is 9. The van der Waals surface area contributed by atoms with Crippen molar-refractivity contribution in [2.75, 3.05) is 19.8 Å². The Morgan fingerprint density at radius 1 is 1.18 bits per heavy atom. The summed E-state index contributed by atoms with van der Waals surface area (Å²) in [7, 11) is 0. The average molecular weight is 243 g/mol. The van der Waals surface area contributed by atoms with Crippen molar-refractivity contribution in [1.82, 2.24) is 5.32 Å². The Balaban J connectivity index is 3.39. The Kier molecular flexibility index (Phi) is 8.68. The molecule has 0 heterocycles. The number of carbonyl (C=O) groups is 2. The Labute approximate surface area is 104 Å². The van der Waals surface area contributed by atoms with Gasteiger partial charge in [-0.1, -0.05) is 27.7 Å². The molecule has 17 heavy (non-hydrogen) atoms. The molecule has 0 unspecified atom stereocenters. The first-order chi connectivity index (χ1) is 7.93. The largest absolute Gasteiger partial charge is 0.374 e. The van der Waals surface area contributed by atoms with Crippen LogP contribution in [0.2, 0.25) is 0 Å². The number of ketones is 1. The van der Waals surface area contributed by atoms with E-state index in [-0.39, 0.29) is 24.2 Å². The van der Waals surface area contributed by atoms with E-state index in [1.54, 1.807) is 0 Å². The molecule has 1 N–H and O–H groups in total. The Morgan fingerprint density at radius 3 is 2.35 bits per heavy atom. The second-order valence-electron chi connectivity index (χ2n) is 4.98. The quantitative estimate of drug-likeness (QED) is 0.628. The molecule has 0 fully saturated rings. The molecule has 0 spiro atoms. The van der Waals surface area contributed by atoms with Gasteiger partial charge in [0.05, 0.1) is 0 Å². The van der Waals surface area contributed by atoms with Crippen molar-refractivity contribution in [1.29, 1.82) is 0 Å². The van der Waals surface area contributed by atoms with E-state index < -0.39 is 0 Å². The van der Waals surface area contributed by atoms with Crippen LogP contribution in [-0.2, 0) is 14.3 Å². The molecule has 0 saturated heterocycles. The highest BCUT2D eigenvalue weighted by atomic mass is 16.5. The molecular formula is C13H25NO3. The average Bonchev–Trinajstić information content (AvgIpc) is 2.25. The normalized spacial score (nSPS) is 10.9. The third kappa shape index (κ3) is 10.00. The van der Waals surface area contributed by atoms with Crippen LogP contribution in [0.25, 0.3) is 0 Å². The SMILES string of the molecule is CC(C)CNC(=O)CCCOCC(=O)C(C)C. The lowest BCUT2D eigenvalue weighted by atomic mass is 10.1. The summed E-state index contributed by atoms with van der Waals surface area (Å²) < 4.78 is 5.20. The summed E-state index contributed by atoms with van der Waals surface area (Å²) >= 11 is 0. The van der Waals surface area contributed by atoms with E-state index in [0.29, 0.717) is 31.9 Å². The summed E-state index contributed by atoms with van der Waals surface area (Å²) in [5.41, 5.74) is 0. The van der Waals surface area contributed by atoms with E-state index in [1.165, 1.54) is 0 Å². The van der Waals surface area contributed by atoms with Crippen molar-refractivity contribution in [3.63, 3.8) is 0 Å². The zero-order valence-electron chi connectivity index (χ0n) is 11.4. The Hall–Kier alpha value is -0.900. The lowest BCUT2D eigenvalue weighted by Crippen LogP contribution is -2.27. The molecular weight excluding hydrogens is 218 g/mol. The summed E-state index contributed by atoms with van der Waals surface area (Å²) in [4.78, 5) is 22.5. The van der Waals surface area contributed by atoms with E-state index in [1.807, 2.05) is 13.8 Å². The minimum absolute atomic E-state index is 0.0179. The number of hydrogen-bond donors (Lipinski definition) is 1. The number of amides is 1. The number of Topliss-reactive ketones (excluding diaryl/α,β-unsaturated/α-hetero) is 1. The highest BCUT2D eigenvalue weighted by molar-refractivity contribution is 5.81. The van der Waals surface area contributed by atoms with Gasteiger partial charge >= 0.3 is 0 Å². The summed E-state index contributed by atoms with van der Waals surface area (Å²) in [5, 5.41) is 2.84. The van der Waals surface area contributed by atoms with Gasteiger partial charge in [-0.25, -0.2) is 0 Å². The predicted molar refractivity (Wildman–Crippen MR) is 67.7 cm³/mol. The third-order valence-corrected chi connectivity index (χ3v) is 2.29. The first kappa shape index (κ1) is 16.1. The smallest absolute Gasteiger partial charge is 0.220 e. The molecule has 0 rings (SSSR count). The van der Waals surface area contributed by atoms with Gasteiger partial charge in [-0.05, 0) is 12.3 Å². The molecule has 0 atom stereocenters. The molecule has 0 aromatic rings. The molecule has 0 saturated carbocycles. The van der Waals surface area contributed by atoms with E-state index in [9.17, 15) is 9.59 Å². The van der Waals surface area contributed by atoms with Gasteiger partial charge in [-0.3, -0.25) is 9.59 Å². The van der Waals surface area contributed by atoms with Gasteiger partial charge < -0.3 is 10.1 Å². The minimum atomic E-state index is 0.0179. The van der Waals surface area contributed by atoms with Gasteiger partial charge in [0.15, 0.2) is 5.78 Å². The standard InChI is InChI=1S/C13H25NO3/c1-10(2)8-14-13(16)6-5-7-17-9-12(15)11(3)4/h10-11H,5-9H2,1-4H3,(H,14,16). The first-order valence-electron chi connectivity index (χ1n) is 6.30. The topological polar surface area (TPSA) is 55.4 Å². The van der Waals surface area contributed by atoms with Crippen molar-refractivity contribution in [2.45, 2.75) is 40.5 Å². The minimum Gasteiger partial charge on any atom is -0.374 e. The van der Waals surface area contributed by atoms with Gasteiger partial charge in [0.25, 0.3) is 0 Å². The molecule has 0 aromatic carbocycles. The molecule has 1 amide bonds. The van der Waals surface area contributed by atoms with Gasteiger partial charge in [0, 0.05) is 25.5 Å². The van der Waals surface area contributed by atoms with Crippen molar-refractivity contribution in [3.05, 3.63) is 0 Å². The number of carbonyl (C=O) groups excluding carboxylic acids is 2. The lowest BCUT2D eigenvalue weighted by molar-refractivity contribution is -0.126. The molecule has 0 aliphatic rings. The molecule has 0 aromatic heterocycles. The number of nitrogens with one attached hydrogen (secondary N) is 1. The predicted octanol–water partition coefficient (Wildman–Crippen LogP) is 1.78. The van der Waals surface area contributed by atoms with Crippen LogP contribution in [0.1, 0.15) is 40.5 Å². The van der Waals surface area contributed by atoms with Crippen molar-refractivity contribution < 1.29 is 14.3 Å². The first-order valence-corrected chi connectivity index (χ1v) is 6.30. The lowest BCUT2D eigenvalue weighted by Gasteiger charge is -2.08. The summed E-state index contributed by atoms with van der Waals surface area (Å²) in [6.45, 7) is 9.16. The second-order valence-corrected chi connectivity index (χ2v) is 4.98. The molecule has 4 nitrogen and oxygen atoms in total. The summed E-state index contributed by atoms with van der Waals surface area (Å²) in [6, 6.07) is 0. The number of ether oxygens (including phenoxy) is 1. The monoisotopic (exact) mass is 243 g/mol. The fraction of sp³-hybridized carbons (Fsp3) is 0.846. The van der Waals surface area contributed by atoms with Crippen LogP contribution in [-0.4, -0.2) is 31.4 Å². The molecule has 0 aliphatic heterocycles. The van der Waals surface area contributed by atoms with Gasteiger partial charge in [-0.2, -0.15) is 0 Å². The van der Waals surface area contributed by atoms with Gasteiger partial charge in [-0.15, -0.1) is 0 Å². The van der Waals surface area contributed by atoms with Crippen molar-refractivity contribution in [3.8, 4) is 0 Å². The van der Waals surface area contributed by atoms with Crippen LogP contribution in [0.15, 0.2) is 0 Å². The molecule has 4 heteroatoms. The van der Waals surface area contributed by atoms with Crippen molar-refractivity contribution in [2.24, 2.45) is 11.8 Å². The fourth-order valence-corrected chi connectivity index (χ4v) is 1.08. The highest BCUT2D eigenvalue weighted by Crippen LogP contribution is 1.97. The third-order valence-electron chi connectivity index (χ3n) is 2.29. The van der Waals surface area contributed by atoms with E-state index in [2.05, 4.69) is 19.2 Å². The zero-order valence-corrected chi connectivity index (χ0v) is 11.4. The fourth-order valence-electron chi connectivity index (χ4n) is 1.08. The van der Waals surface area contributed by atoms with Crippen LogP contribution in [0.4, 0.5) is 0 Å². The maximum absolute atomic E-state index is 11.3. The molecule has 100 valence electrons. The maximum Gasteiger partial charge on any atom is 0.220 e. The molecule has 0 aliphatic carbocycles. The number of hydrogen-bond acceptors (Lipinski definition) is 3. The van der Waals surface area contributed by atoms with Crippen LogP contribution < -0.4 is 5.32 Å². The maximum atomic E-state index is 11.3.